The topological polar surface area (TPSA) is 156 Å². The van der Waals surface area contributed by atoms with Gasteiger partial charge in [0.25, 0.3) is 5.91 Å². The Labute approximate surface area is 378 Å². The van der Waals surface area contributed by atoms with Gasteiger partial charge in [-0.1, -0.05) is 101 Å². The highest BCUT2D eigenvalue weighted by Gasteiger charge is 2.53. The molecule has 62 heavy (non-hydrogen) atoms. The Morgan fingerprint density at radius 3 is 1.50 bits per heavy atom. The van der Waals surface area contributed by atoms with E-state index in [1.807, 2.05) is 13.8 Å². The molecule has 0 saturated heterocycles. The molecule has 17 heteroatoms. The van der Waals surface area contributed by atoms with Crippen molar-refractivity contribution in [2.75, 3.05) is 36.9 Å². The number of hydroxylamine groups is 2. The van der Waals surface area contributed by atoms with Crippen molar-refractivity contribution in [3.63, 3.8) is 0 Å². The molecule has 0 radical (unpaired) electrons. The third-order valence-electron chi connectivity index (χ3n) is 10.0. The van der Waals surface area contributed by atoms with E-state index in [4.69, 9.17) is 51.2 Å². The van der Waals surface area contributed by atoms with Crippen LogP contribution in [-0.4, -0.2) is 81.8 Å². The monoisotopic (exact) mass is 915 g/mol. The molecule has 320 valence electrons. The van der Waals surface area contributed by atoms with Gasteiger partial charge >= 0.3 is 18.0 Å². The molecule has 2 aliphatic heterocycles. The molecule has 5 amide bonds. The average molecular weight is 918 g/mol. The maximum absolute atomic E-state index is 13.4. The summed E-state index contributed by atoms with van der Waals surface area (Å²) in [7, 11) is 0. The summed E-state index contributed by atoms with van der Waals surface area (Å²) in [6.07, 6.45) is 0. The summed E-state index contributed by atoms with van der Waals surface area (Å²) >= 11 is 23.8. The Balaban J connectivity index is 0.000000207. The zero-order chi connectivity index (χ0) is 44.6. The second-order valence-electron chi connectivity index (χ2n) is 14.2. The number of carbonyl (C=O) groups excluding carboxylic acids is 3. The zero-order valence-corrected chi connectivity index (χ0v) is 36.7. The third kappa shape index (κ3) is 10.0. The first kappa shape index (κ1) is 45.6. The molecule has 5 aromatic carbocycles. The molecule has 2 unspecified atom stereocenters. The van der Waals surface area contributed by atoms with E-state index < -0.39 is 28.9 Å². The first-order valence-electron chi connectivity index (χ1n) is 19.3. The molecule has 0 spiro atoms. The number of nitrogens with zero attached hydrogens (tertiary/aromatic N) is 5. The molecule has 13 nitrogen and oxygen atoms in total. The highest BCUT2D eigenvalue weighted by Crippen LogP contribution is 2.37. The van der Waals surface area contributed by atoms with Gasteiger partial charge in [-0.15, -0.1) is 0 Å². The fourth-order valence-corrected chi connectivity index (χ4v) is 7.40. The highest BCUT2D eigenvalue weighted by molar-refractivity contribution is 6.32. The standard InChI is InChI=1S/C23H17Cl2N3O3.C22H24Cl2N4O3/c24-17-8-6-15(7-9-17)20-23(21(29)30,16-4-2-1-3-5-16)14-28(27-20)22(31)26-19-12-10-18(25)11-13-19;1-4-28(31-5-2)20(29)22(3)14-27(21(30)25-18-12-10-17(24)11-13-18)26-19(22)15-6-8-16(23)9-7-15/h1-13H,14H2,(H,26,31)(H,29,30);6-13H,4-5,14H2,1-3H3,(H,25,30). The van der Waals surface area contributed by atoms with Crippen molar-refractivity contribution in [3.8, 4) is 0 Å². The van der Waals surface area contributed by atoms with Gasteiger partial charge in [-0.3, -0.25) is 14.4 Å². The van der Waals surface area contributed by atoms with Gasteiger partial charge in [0, 0.05) is 38.0 Å². The summed E-state index contributed by atoms with van der Waals surface area (Å²) in [6, 6.07) is 34.8. The second kappa shape index (κ2) is 19.8. The number of hydrazone groups is 2. The van der Waals surface area contributed by atoms with Crippen molar-refractivity contribution in [2.24, 2.45) is 15.6 Å². The summed E-state index contributed by atoms with van der Waals surface area (Å²) in [6.45, 7) is 6.02. The van der Waals surface area contributed by atoms with Crippen LogP contribution in [0.2, 0.25) is 20.1 Å². The van der Waals surface area contributed by atoms with E-state index in [0.717, 1.165) is 5.01 Å². The number of halogens is 4. The second-order valence-corrected chi connectivity index (χ2v) is 16.0. The lowest BCUT2D eigenvalue weighted by molar-refractivity contribution is -0.190. The van der Waals surface area contributed by atoms with E-state index in [0.29, 0.717) is 67.0 Å². The summed E-state index contributed by atoms with van der Waals surface area (Å²) in [5, 5.41) is 30.7. The molecule has 5 aromatic rings. The molecule has 2 atom stereocenters. The van der Waals surface area contributed by atoms with Crippen LogP contribution in [0.5, 0.6) is 0 Å². The first-order valence-corrected chi connectivity index (χ1v) is 20.8. The summed E-state index contributed by atoms with van der Waals surface area (Å²) < 4.78 is 0. The van der Waals surface area contributed by atoms with Gasteiger partial charge in [-0.25, -0.2) is 24.7 Å². The molecular formula is C45H41Cl4N7O6. The van der Waals surface area contributed by atoms with Crippen molar-refractivity contribution in [2.45, 2.75) is 26.2 Å². The van der Waals surface area contributed by atoms with Crippen LogP contribution < -0.4 is 10.6 Å². The lowest BCUT2D eigenvalue weighted by atomic mass is 9.74. The van der Waals surface area contributed by atoms with Crippen LogP contribution in [0, 0.1) is 5.41 Å². The molecule has 7 rings (SSSR count). The number of aliphatic carboxylic acids is 1. The average Bonchev–Trinajstić information content (AvgIpc) is 3.86. The van der Waals surface area contributed by atoms with E-state index in [-0.39, 0.29) is 24.7 Å². The quantitative estimate of drug-likeness (QED) is 0.118. The molecule has 3 N–H and O–H groups in total. The molecule has 0 fully saturated rings. The number of carbonyl (C=O) groups is 4. The Bertz CT molecular complexity index is 2470. The fourth-order valence-electron chi connectivity index (χ4n) is 6.89. The molecule has 2 aliphatic rings. The third-order valence-corrected chi connectivity index (χ3v) is 11.0. The van der Waals surface area contributed by atoms with Crippen LogP contribution in [0.25, 0.3) is 0 Å². The predicted octanol–water partition coefficient (Wildman–Crippen LogP) is 10.3. The normalized spacial score (nSPS) is 17.9. The summed E-state index contributed by atoms with van der Waals surface area (Å²) in [5.41, 5.74) is 0.980. The molecule has 0 bridgehead atoms. The Morgan fingerprint density at radius 2 is 1.06 bits per heavy atom. The lowest BCUT2D eigenvalue weighted by Crippen LogP contribution is -2.49. The van der Waals surface area contributed by atoms with Crippen molar-refractivity contribution in [1.82, 2.24) is 15.1 Å². The van der Waals surface area contributed by atoms with Gasteiger partial charge in [-0.2, -0.15) is 10.2 Å². The van der Waals surface area contributed by atoms with Crippen molar-refractivity contribution in [1.29, 1.82) is 0 Å². The number of nitrogens with one attached hydrogen (secondary N) is 2. The van der Waals surface area contributed by atoms with Crippen molar-refractivity contribution >= 4 is 93.1 Å². The van der Waals surface area contributed by atoms with Gasteiger partial charge in [0.1, 0.15) is 5.41 Å². The number of rotatable bonds is 10. The number of anilines is 2. The zero-order valence-electron chi connectivity index (χ0n) is 33.7. The fraction of sp³-hybridized carbons (Fsp3) is 0.200. The minimum Gasteiger partial charge on any atom is -0.480 e. The van der Waals surface area contributed by atoms with E-state index in [9.17, 15) is 24.3 Å². The molecule has 0 aliphatic carbocycles. The molecule has 2 heterocycles. The number of carboxylic acids is 1. The number of urea groups is 2. The Morgan fingerprint density at radius 1 is 0.645 bits per heavy atom. The number of amides is 5. The van der Waals surface area contributed by atoms with Crippen molar-refractivity contribution in [3.05, 3.63) is 164 Å². The van der Waals surface area contributed by atoms with Crippen molar-refractivity contribution < 1.29 is 29.1 Å². The minimum atomic E-state index is -1.54. The number of hydrogen-bond acceptors (Lipinski definition) is 7. The summed E-state index contributed by atoms with van der Waals surface area (Å²) in [4.78, 5) is 57.4. The van der Waals surface area contributed by atoms with Gasteiger partial charge in [0.2, 0.25) is 0 Å². The van der Waals surface area contributed by atoms with E-state index in [2.05, 4.69) is 20.8 Å². The van der Waals surface area contributed by atoms with Gasteiger partial charge in [0.15, 0.2) is 5.41 Å². The van der Waals surface area contributed by atoms with Crippen LogP contribution in [0.3, 0.4) is 0 Å². The SMILES string of the molecule is CCON(CC)C(=O)C1(C)CN(C(=O)Nc2ccc(Cl)cc2)N=C1c1ccc(Cl)cc1.O=C(Nc1ccc(Cl)cc1)N1CC(C(=O)O)(c2ccccc2)C(c2ccc(Cl)cc2)=N1. The number of hydrogen-bond donors (Lipinski definition) is 3. The lowest BCUT2D eigenvalue weighted by Gasteiger charge is -2.31. The van der Waals surface area contributed by atoms with Crippen LogP contribution in [0.1, 0.15) is 37.5 Å². The first-order chi connectivity index (χ1) is 29.7. The van der Waals surface area contributed by atoms with E-state index >= 15 is 0 Å². The van der Waals surface area contributed by atoms with Crippen LogP contribution in [0.4, 0.5) is 21.0 Å². The van der Waals surface area contributed by atoms with E-state index in [1.165, 1.54) is 10.1 Å². The highest BCUT2D eigenvalue weighted by atomic mass is 35.5. The minimum absolute atomic E-state index is 0.0623. The molecule has 0 saturated carbocycles. The Kier molecular flexibility index (Phi) is 14.6. The summed E-state index contributed by atoms with van der Waals surface area (Å²) in [5.74, 6) is -1.37. The van der Waals surface area contributed by atoms with Gasteiger partial charge in [0.05, 0.1) is 31.1 Å². The predicted molar refractivity (Wildman–Crippen MR) is 243 cm³/mol. The molecule has 0 aromatic heterocycles. The van der Waals surface area contributed by atoms with Gasteiger partial charge in [-0.05, 0) is 110 Å². The largest absolute Gasteiger partial charge is 0.480 e. The number of benzene rings is 5. The number of carboxylic acid groups (broad SMARTS) is 1. The Hall–Kier alpha value is -5.96. The maximum Gasteiger partial charge on any atom is 0.342 e. The smallest absolute Gasteiger partial charge is 0.342 e. The molecular weight excluding hydrogens is 876 g/mol. The van der Waals surface area contributed by atoms with Crippen LogP contribution >= 0.6 is 46.4 Å². The van der Waals surface area contributed by atoms with Crippen LogP contribution in [0.15, 0.2) is 138 Å². The van der Waals surface area contributed by atoms with Gasteiger partial charge < -0.3 is 15.7 Å². The van der Waals surface area contributed by atoms with E-state index in [1.54, 1.807) is 134 Å². The van der Waals surface area contributed by atoms with Crippen LogP contribution in [-0.2, 0) is 19.8 Å². The maximum atomic E-state index is 13.4.